The van der Waals surface area contributed by atoms with Crippen molar-refractivity contribution in [2.75, 3.05) is 0 Å². The van der Waals surface area contributed by atoms with E-state index in [0.717, 1.165) is 25.7 Å². The minimum atomic E-state index is 0.400. The molecule has 2 nitrogen and oxygen atoms in total. The molecule has 0 saturated carbocycles. The molecular weight excluding hydrogens is 520 g/mol. The van der Waals surface area contributed by atoms with E-state index in [1.165, 1.54) is 66.9 Å². The lowest BCUT2D eigenvalue weighted by Gasteiger charge is -2.22. The SMILES string of the molecule is CC(C)c1cccc(C(C)C)c1-n1[c-][n+](-c2c(C(C)C)cccc2C(C)C)c2c3ccc(c21)CCc1ccc(cc1)CC3. The summed E-state index contributed by atoms with van der Waals surface area (Å²) in [6.45, 7) is 18.6. The molecule has 0 aliphatic heterocycles. The molecule has 4 aromatic carbocycles. The van der Waals surface area contributed by atoms with E-state index < -0.39 is 0 Å². The van der Waals surface area contributed by atoms with Crippen LogP contribution in [0.3, 0.4) is 0 Å². The van der Waals surface area contributed by atoms with Gasteiger partial charge in [-0.15, -0.1) is 0 Å². The van der Waals surface area contributed by atoms with Crippen LogP contribution in [0.25, 0.3) is 22.4 Å². The van der Waals surface area contributed by atoms with E-state index in [1.807, 2.05) is 0 Å². The fourth-order valence-electron chi connectivity index (χ4n) is 7.06. The Hall–Kier alpha value is -3.65. The Bertz CT molecular complexity index is 1580. The summed E-state index contributed by atoms with van der Waals surface area (Å²) in [6, 6.07) is 28.0. The molecule has 0 atom stereocenters. The van der Waals surface area contributed by atoms with Crippen molar-refractivity contribution >= 4 is 11.0 Å². The van der Waals surface area contributed by atoms with Crippen LogP contribution in [0.5, 0.6) is 0 Å². The predicted molar refractivity (Wildman–Crippen MR) is 181 cm³/mol. The molecular formula is C41H48N2. The number of aromatic nitrogens is 2. The number of hydrogen-bond donors (Lipinski definition) is 0. The smallest absolute Gasteiger partial charge is 0.269 e. The van der Waals surface area contributed by atoms with Gasteiger partial charge in [0.2, 0.25) is 0 Å². The Balaban J connectivity index is 1.78. The highest BCUT2D eigenvalue weighted by atomic mass is 15.2. The second kappa shape index (κ2) is 11.8. The molecule has 0 N–H and O–H groups in total. The fourth-order valence-corrected chi connectivity index (χ4v) is 7.06. The predicted octanol–water partition coefficient (Wildman–Crippen LogP) is 10.1. The topological polar surface area (TPSA) is 8.81 Å². The third kappa shape index (κ3) is 5.35. The molecule has 4 aliphatic rings. The number of benzene rings is 4. The van der Waals surface area contributed by atoms with E-state index in [-0.39, 0.29) is 0 Å². The number of rotatable bonds is 6. The average Bonchev–Trinajstić information content (AvgIpc) is 3.38. The maximum absolute atomic E-state index is 4.08. The van der Waals surface area contributed by atoms with Gasteiger partial charge in [0.15, 0.2) is 0 Å². The zero-order chi connectivity index (χ0) is 30.4. The first-order chi connectivity index (χ1) is 20.7. The molecule has 1 heterocycles. The van der Waals surface area contributed by atoms with Gasteiger partial charge in [-0.05, 0) is 93.9 Å². The van der Waals surface area contributed by atoms with E-state index >= 15 is 0 Å². The second-order valence-electron chi connectivity index (χ2n) is 13.9. The van der Waals surface area contributed by atoms with Gasteiger partial charge >= 0.3 is 0 Å². The molecule has 4 bridgehead atoms. The second-order valence-corrected chi connectivity index (χ2v) is 13.9. The summed E-state index contributed by atoms with van der Waals surface area (Å²) in [5.41, 5.74) is 16.5. The summed E-state index contributed by atoms with van der Waals surface area (Å²) < 4.78 is 4.96. The van der Waals surface area contributed by atoms with Gasteiger partial charge in [0, 0.05) is 0 Å². The Morgan fingerprint density at radius 1 is 0.535 bits per heavy atom. The van der Waals surface area contributed by atoms with Gasteiger partial charge in [-0.2, -0.15) is 0 Å². The molecule has 5 aromatic rings. The molecule has 222 valence electrons. The molecule has 0 saturated heterocycles. The van der Waals surface area contributed by atoms with E-state index in [9.17, 15) is 0 Å². The van der Waals surface area contributed by atoms with Crippen molar-refractivity contribution < 1.29 is 4.57 Å². The monoisotopic (exact) mass is 568 g/mol. The van der Waals surface area contributed by atoms with Crippen LogP contribution in [-0.4, -0.2) is 4.57 Å². The summed E-state index contributed by atoms with van der Waals surface area (Å²) in [5, 5.41) is 0. The first-order valence-corrected chi connectivity index (χ1v) is 16.5. The van der Waals surface area contributed by atoms with Gasteiger partial charge in [-0.3, -0.25) is 9.13 Å². The van der Waals surface area contributed by atoms with E-state index in [4.69, 9.17) is 0 Å². The standard InChI is InChI=1S/C41H48N2/c1-26(2)34-11-9-12-35(27(3)4)40(34)42-25-43(41-36(28(5)6)13-10-14-37(41)29(7)8)39-33-22-20-31-17-15-30(16-18-31)19-21-32(23-24-33)38(39)42/h9-18,23-24,26-29H,19-22H2,1-8H3. The third-order valence-corrected chi connectivity index (χ3v) is 9.49. The lowest BCUT2D eigenvalue weighted by Crippen LogP contribution is -2.34. The summed E-state index contributed by atoms with van der Waals surface area (Å²) in [7, 11) is 0. The molecule has 4 aliphatic carbocycles. The van der Waals surface area contributed by atoms with Crippen LogP contribution in [0.1, 0.15) is 124 Å². The maximum Gasteiger partial charge on any atom is 0.269 e. The van der Waals surface area contributed by atoms with Crippen molar-refractivity contribution in [3.8, 4) is 11.4 Å². The molecule has 2 heteroatoms. The average molecular weight is 569 g/mol. The largest absolute Gasteiger partial charge is 0.291 e. The normalized spacial score (nSPS) is 13.6. The highest BCUT2D eigenvalue weighted by Crippen LogP contribution is 2.37. The van der Waals surface area contributed by atoms with Crippen molar-refractivity contribution in [2.45, 2.75) is 105 Å². The van der Waals surface area contributed by atoms with Crippen LogP contribution >= 0.6 is 0 Å². The summed E-state index contributed by atoms with van der Waals surface area (Å²) >= 11 is 0. The van der Waals surface area contributed by atoms with Crippen molar-refractivity contribution in [3.05, 3.63) is 124 Å². The lowest BCUT2D eigenvalue weighted by molar-refractivity contribution is -0.574. The van der Waals surface area contributed by atoms with Gasteiger partial charge in [0.05, 0.1) is 22.4 Å². The molecule has 43 heavy (non-hydrogen) atoms. The number of hydrogen-bond acceptors (Lipinski definition) is 0. The van der Waals surface area contributed by atoms with Crippen molar-refractivity contribution in [1.82, 2.24) is 4.57 Å². The fraction of sp³-hybridized carbons (Fsp3) is 0.390. The quantitative estimate of drug-likeness (QED) is 0.142. The van der Waals surface area contributed by atoms with Gasteiger partial charge < -0.3 is 0 Å². The lowest BCUT2D eigenvalue weighted by atomic mass is 9.91. The molecule has 0 unspecified atom stereocenters. The zero-order valence-corrected chi connectivity index (χ0v) is 27.5. The summed E-state index contributed by atoms with van der Waals surface area (Å²) in [4.78, 5) is 0. The van der Waals surface area contributed by atoms with E-state index in [2.05, 4.69) is 144 Å². The van der Waals surface area contributed by atoms with Crippen LogP contribution in [0.2, 0.25) is 0 Å². The minimum Gasteiger partial charge on any atom is -0.291 e. The van der Waals surface area contributed by atoms with Gasteiger partial charge in [0.1, 0.15) is 0 Å². The van der Waals surface area contributed by atoms with Gasteiger partial charge in [-0.25, -0.2) is 0 Å². The van der Waals surface area contributed by atoms with Crippen molar-refractivity contribution in [1.29, 1.82) is 0 Å². The molecule has 0 fully saturated rings. The van der Waals surface area contributed by atoms with Crippen LogP contribution < -0.4 is 4.57 Å². The first kappa shape index (κ1) is 29.4. The zero-order valence-electron chi connectivity index (χ0n) is 27.5. The third-order valence-electron chi connectivity index (χ3n) is 9.49. The highest BCUT2D eigenvalue weighted by molar-refractivity contribution is 5.83. The van der Waals surface area contributed by atoms with E-state index in [0.29, 0.717) is 23.7 Å². The molecule has 9 rings (SSSR count). The van der Waals surface area contributed by atoms with Gasteiger partial charge in [0.25, 0.3) is 6.33 Å². The van der Waals surface area contributed by atoms with Crippen LogP contribution in [0.15, 0.2) is 72.8 Å². The van der Waals surface area contributed by atoms with Crippen LogP contribution in [0.4, 0.5) is 0 Å². The minimum absolute atomic E-state index is 0.400. The molecule has 1 aromatic heterocycles. The number of nitrogens with zero attached hydrogens (tertiary/aromatic N) is 2. The Morgan fingerprint density at radius 2 is 0.977 bits per heavy atom. The molecule has 0 amide bonds. The molecule has 0 radical (unpaired) electrons. The first-order valence-electron chi connectivity index (χ1n) is 16.5. The van der Waals surface area contributed by atoms with E-state index in [1.54, 1.807) is 0 Å². The number of aryl methyl sites for hydroxylation is 4. The number of imidazole rings is 1. The van der Waals surface area contributed by atoms with Crippen LogP contribution in [0, 0.1) is 6.33 Å². The molecule has 0 spiro atoms. The number of para-hydroxylation sites is 2. The Labute approximate surface area is 259 Å². The van der Waals surface area contributed by atoms with Crippen molar-refractivity contribution in [3.63, 3.8) is 0 Å². The maximum atomic E-state index is 4.08. The summed E-state index contributed by atoms with van der Waals surface area (Å²) in [6.07, 6.45) is 8.14. The highest BCUT2D eigenvalue weighted by Gasteiger charge is 2.26. The van der Waals surface area contributed by atoms with Gasteiger partial charge in [-0.1, -0.05) is 128 Å². The Morgan fingerprint density at radius 3 is 1.47 bits per heavy atom. The van der Waals surface area contributed by atoms with Crippen LogP contribution in [-0.2, 0) is 25.7 Å². The van der Waals surface area contributed by atoms with Crippen molar-refractivity contribution in [2.24, 2.45) is 0 Å². The Kier molecular flexibility index (Phi) is 8.07. The summed E-state index contributed by atoms with van der Waals surface area (Å²) in [5.74, 6) is 1.60.